The molecule has 24 unspecified atom stereocenters. The fraction of sp³-hybridized carbons (Fsp3) is 1.00. The summed E-state index contributed by atoms with van der Waals surface area (Å²) in [5.74, 6) is 13.3. The molecule has 8 fully saturated rings. The molecule has 8 rings (SSSR count). The number of rotatable bonds is 29. The molecule has 8 heteroatoms. The van der Waals surface area contributed by atoms with Crippen LogP contribution in [0, 0.1) is 107 Å². The highest BCUT2D eigenvalue weighted by atomic mass is 16.3. The van der Waals surface area contributed by atoms with Crippen LogP contribution in [0.3, 0.4) is 0 Å². The van der Waals surface area contributed by atoms with Crippen molar-refractivity contribution in [3.05, 3.63) is 0 Å². The van der Waals surface area contributed by atoms with E-state index < -0.39 is 0 Å². The maximum absolute atomic E-state index is 10.1. The Hall–Kier alpha value is -0.320. The number of aliphatic hydroxyl groups excluding tert-OH is 8. The Bertz CT molecular complexity index is 1830. The molecule has 8 aliphatic rings. The van der Waals surface area contributed by atoms with E-state index in [1.54, 1.807) is 0 Å². The molecular weight excluding hydrogens is 1270 g/mol. The van der Waals surface area contributed by atoms with Crippen LogP contribution >= 0.6 is 0 Å². The van der Waals surface area contributed by atoms with E-state index in [9.17, 15) is 40.9 Å². The van der Waals surface area contributed by atoms with E-state index in [-0.39, 0.29) is 48.8 Å². The number of aliphatic hydroxyl groups is 8. The minimum absolute atomic E-state index is 0.000561. The van der Waals surface area contributed by atoms with Crippen molar-refractivity contribution in [2.45, 2.75) is 501 Å². The zero-order valence-corrected chi connectivity index (χ0v) is 72.7. The van der Waals surface area contributed by atoms with Gasteiger partial charge in [0.1, 0.15) is 0 Å². The van der Waals surface area contributed by atoms with Crippen LogP contribution in [0.2, 0.25) is 0 Å². The largest absolute Gasteiger partial charge is 0.393 e. The second-order valence-corrected chi connectivity index (χ2v) is 36.7. The number of hydrogen-bond acceptors (Lipinski definition) is 8. The van der Waals surface area contributed by atoms with Crippen LogP contribution in [0.25, 0.3) is 0 Å². The Labute approximate surface area is 644 Å². The molecule has 0 radical (unpaired) electrons. The molecule has 8 N–H and O–H groups in total. The van der Waals surface area contributed by atoms with Crippen LogP contribution in [0.4, 0.5) is 0 Å². The number of hydrogen-bond donors (Lipinski definition) is 8. The molecule has 0 spiro atoms. The summed E-state index contributed by atoms with van der Waals surface area (Å²) in [4.78, 5) is 0. The molecule has 0 heterocycles. The summed E-state index contributed by atoms with van der Waals surface area (Å²) in [6, 6.07) is 0. The predicted octanol–water partition coefficient (Wildman–Crippen LogP) is 26.2. The van der Waals surface area contributed by atoms with Crippen LogP contribution < -0.4 is 0 Å². The van der Waals surface area contributed by atoms with E-state index in [0.29, 0.717) is 41.4 Å². The van der Waals surface area contributed by atoms with Crippen LogP contribution in [-0.4, -0.2) is 89.7 Å². The van der Waals surface area contributed by atoms with Crippen LogP contribution in [0.15, 0.2) is 0 Å². The lowest BCUT2D eigenvalue weighted by atomic mass is 9.71. The van der Waals surface area contributed by atoms with Crippen molar-refractivity contribution in [2.75, 3.05) is 0 Å². The lowest BCUT2D eigenvalue weighted by molar-refractivity contribution is 0.0115. The molecule has 103 heavy (non-hydrogen) atoms. The first kappa shape index (κ1) is 101. The minimum Gasteiger partial charge on any atom is -0.393 e. The zero-order valence-electron chi connectivity index (χ0n) is 72.7. The molecule has 0 amide bonds. The molecule has 0 aliphatic heterocycles. The van der Waals surface area contributed by atoms with Crippen LogP contribution in [0.1, 0.15) is 452 Å². The second kappa shape index (κ2) is 62.2. The molecule has 0 bridgehead atoms. The lowest BCUT2D eigenvalue weighted by Crippen LogP contribution is -2.32. The molecule has 0 aromatic rings. The molecule has 24 atom stereocenters. The van der Waals surface area contributed by atoms with E-state index in [0.717, 1.165) is 155 Å². The van der Waals surface area contributed by atoms with Gasteiger partial charge in [0, 0.05) is 0 Å². The van der Waals surface area contributed by atoms with Crippen molar-refractivity contribution < 1.29 is 40.9 Å². The van der Waals surface area contributed by atoms with Gasteiger partial charge in [-0.05, 0) is 261 Å². The Morgan fingerprint density at radius 3 is 1.13 bits per heavy atom. The first-order valence-electron chi connectivity index (χ1n) is 46.9. The summed E-state index contributed by atoms with van der Waals surface area (Å²) < 4.78 is 0. The van der Waals surface area contributed by atoms with E-state index in [1.807, 2.05) is 0 Å². The zero-order chi connectivity index (χ0) is 77.1. The van der Waals surface area contributed by atoms with Gasteiger partial charge in [0.2, 0.25) is 0 Å². The van der Waals surface area contributed by atoms with Crippen LogP contribution in [0.5, 0.6) is 0 Å². The number of unbranched alkanes of at least 4 members (excludes halogenated alkanes) is 6. The summed E-state index contributed by atoms with van der Waals surface area (Å²) in [5.41, 5.74) is 0. The molecule has 0 aromatic heterocycles. The van der Waals surface area contributed by atoms with Crippen molar-refractivity contribution in [1.82, 2.24) is 0 Å². The van der Waals surface area contributed by atoms with E-state index >= 15 is 0 Å². The topological polar surface area (TPSA) is 162 Å². The summed E-state index contributed by atoms with van der Waals surface area (Å²) in [6.45, 7) is 40.5. The Morgan fingerprint density at radius 2 is 0.641 bits per heavy atom. The van der Waals surface area contributed by atoms with Gasteiger partial charge >= 0.3 is 0 Å². The van der Waals surface area contributed by atoms with E-state index in [4.69, 9.17) is 0 Å². The highest BCUT2D eigenvalue weighted by Crippen LogP contribution is 2.42. The molecule has 0 saturated heterocycles. The summed E-state index contributed by atoms with van der Waals surface area (Å²) in [7, 11) is 0. The molecule has 618 valence electrons. The van der Waals surface area contributed by atoms with Crippen molar-refractivity contribution in [1.29, 1.82) is 0 Å². The van der Waals surface area contributed by atoms with Gasteiger partial charge in [-0.3, -0.25) is 0 Å². The molecule has 8 aliphatic carbocycles. The molecular formula is C95H190O8. The van der Waals surface area contributed by atoms with Crippen molar-refractivity contribution >= 4 is 0 Å². The Balaban J connectivity index is 0.000000589. The van der Waals surface area contributed by atoms with Gasteiger partial charge < -0.3 is 40.9 Å². The second-order valence-electron chi connectivity index (χ2n) is 36.7. The van der Waals surface area contributed by atoms with Gasteiger partial charge in [-0.2, -0.15) is 0 Å². The normalized spacial score (nSPS) is 35.2. The van der Waals surface area contributed by atoms with Gasteiger partial charge in [0.05, 0.1) is 48.8 Å². The molecule has 0 aromatic carbocycles. The van der Waals surface area contributed by atoms with Gasteiger partial charge in [0.15, 0.2) is 0 Å². The van der Waals surface area contributed by atoms with Crippen LogP contribution in [-0.2, 0) is 0 Å². The predicted molar refractivity (Wildman–Crippen MR) is 448 cm³/mol. The average molecular weight is 1460 g/mol. The monoisotopic (exact) mass is 1460 g/mol. The first-order chi connectivity index (χ1) is 49.5. The van der Waals surface area contributed by atoms with Gasteiger partial charge in [0.25, 0.3) is 0 Å². The highest BCUT2D eigenvalue weighted by Gasteiger charge is 2.36. The van der Waals surface area contributed by atoms with Crippen molar-refractivity contribution in [2.24, 2.45) is 107 Å². The average Bonchev–Trinajstić information content (AvgIpc) is 0.913. The third-order valence-electron chi connectivity index (χ3n) is 28.2. The summed E-state index contributed by atoms with van der Waals surface area (Å²) >= 11 is 0. The minimum atomic E-state index is -0.0137. The summed E-state index contributed by atoms with van der Waals surface area (Å²) in [5, 5.41) is 78.2. The smallest absolute Gasteiger partial charge is 0.0596 e. The quantitative estimate of drug-likeness (QED) is 0.0367. The third kappa shape index (κ3) is 42.2. The Kier molecular flexibility index (Phi) is 60.8. The maximum Gasteiger partial charge on any atom is 0.0596 e. The standard InChI is InChI=1S/7C12H24O.C11H22O/c1-4-11-10(8-9(2)3)6-5-7-12(11)13;1-3-5-7-10-8-6-9-12(13)11(10)4-2;1-3-5-7-11-9-6-8-10(4-2)12(11)13;1-3-5-6-10-7-8-12(13)11(4-2)9-10;1-3-5-6-10-7-8-11(4-2)12(13)9-10;1-3-5-6-11-9-12(13)8-7-10(11)4-2;1-3-5-6-11-9-10(4-2)7-8-12(11)13;1-4-9-5-6-10(12)7-11(9)8(2)3/h9-13H,4-8H2,1-3H3;6*10-13H,3-9H2,1-2H3;8-12H,4-7H2,1-3H3. The Morgan fingerprint density at radius 1 is 0.252 bits per heavy atom. The highest BCUT2D eigenvalue weighted by molar-refractivity contribution is 4.87. The van der Waals surface area contributed by atoms with Crippen molar-refractivity contribution in [3.8, 4) is 0 Å². The lowest BCUT2D eigenvalue weighted by Gasteiger charge is -2.36. The maximum atomic E-state index is 10.1. The fourth-order valence-electron chi connectivity index (χ4n) is 21.0. The fourth-order valence-corrected chi connectivity index (χ4v) is 21.0. The van der Waals surface area contributed by atoms with Gasteiger partial charge in [-0.25, -0.2) is 0 Å². The summed E-state index contributed by atoms with van der Waals surface area (Å²) in [6.07, 6.45) is 63.2. The third-order valence-corrected chi connectivity index (χ3v) is 28.2. The van der Waals surface area contributed by atoms with Gasteiger partial charge in [-0.15, -0.1) is 0 Å². The first-order valence-corrected chi connectivity index (χ1v) is 46.9. The van der Waals surface area contributed by atoms with Crippen molar-refractivity contribution in [3.63, 3.8) is 0 Å². The van der Waals surface area contributed by atoms with Gasteiger partial charge in [-0.1, -0.05) is 298 Å². The molecule has 8 saturated carbocycles. The molecule has 8 nitrogen and oxygen atoms in total. The SMILES string of the molecule is CCC1C(O)CCCC1CC(C)C.CCC1CCC(O)CC1C(C)C.CCCCC1CC(CC)CCC1O.CCCCC1CC(O)CCC1CC.CCCCC1CCC(CC)C(O)C1.CCCCC1CCC(O)C(CC)C1.CCCCC1CCCC(CC)C1O.CCCCC1CCCC(O)C1CC. The van der Waals surface area contributed by atoms with E-state index in [1.165, 1.54) is 238 Å². The van der Waals surface area contributed by atoms with E-state index in [2.05, 4.69) is 125 Å².